The fourth-order valence-electron chi connectivity index (χ4n) is 2.83. The van der Waals surface area contributed by atoms with Crippen molar-refractivity contribution in [3.8, 4) is 5.75 Å². The molecule has 1 aromatic carbocycles. The molecule has 0 aromatic heterocycles. The Balaban J connectivity index is 2.29. The molecule has 5 nitrogen and oxygen atoms in total. The van der Waals surface area contributed by atoms with Gasteiger partial charge in [-0.25, -0.2) is 0 Å². The summed E-state index contributed by atoms with van der Waals surface area (Å²) in [6.45, 7) is 3.93. The van der Waals surface area contributed by atoms with Gasteiger partial charge < -0.3 is 10.1 Å². The molecule has 1 aromatic rings. The van der Waals surface area contributed by atoms with E-state index in [0.717, 1.165) is 12.8 Å². The maximum Gasteiger partial charge on any atom is 0.422 e. The molecular weight excluding hydrogens is 361 g/mol. The van der Waals surface area contributed by atoms with Gasteiger partial charge in [0, 0.05) is 11.0 Å². The van der Waals surface area contributed by atoms with Gasteiger partial charge in [0.1, 0.15) is 5.75 Å². The second-order valence-corrected chi connectivity index (χ2v) is 7.81. The molecule has 27 heavy (non-hydrogen) atoms. The van der Waals surface area contributed by atoms with Crippen LogP contribution in [-0.4, -0.2) is 37.7 Å². The van der Waals surface area contributed by atoms with Crippen LogP contribution < -0.4 is 15.4 Å². The van der Waals surface area contributed by atoms with Crippen LogP contribution in [0.3, 0.4) is 0 Å². The normalized spacial score (nSPS) is 17.1. The number of benzene rings is 1. The number of nitrogens with one attached hydrogen (secondary N) is 2. The number of amides is 1. The summed E-state index contributed by atoms with van der Waals surface area (Å²) in [5.74, 6) is -0.365. The number of ether oxygens (including phenoxy) is 1. The molecule has 0 aliphatic heterocycles. The fraction of sp³-hybridized carbons (Fsp3) is 0.579. The van der Waals surface area contributed by atoms with Gasteiger partial charge in [0.25, 0.3) is 5.91 Å². The predicted octanol–water partition coefficient (Wildman–Crippen LogP) is 3.40. The summed E-state index contributed by atoms with van der Waals surface area (Å²) >= 11 is 0. The van der Waals surface area contributed by atoms with Gasteiger partial charge in [-0.1, -0.05) is 26.8 Å². The highest BCUT2D eigenvalue weighted by Crippen LogP contribution is 2.44. The molecule has 1 fully saturated rings. The largest absolute Gasteiger partial charge is 0.484 e. The van der Waals surface area contributed by atoms with Crippen molar-refractivity contribution in [2.45, 2.75) is 51.4 Å². The second-order valence-electron chi connectivity index (χ2n) is 7.81. The van der Waals surface area contributed by atoms with Crippen molar-refractivity contribution in [3.05, 3.63) is 29.3 Å². The summed E-state index contributed by atoms with van der Waals surface area (Å²) < 4.78 is 42.6. The first-order valence-corrected chi connectivity index (χ1v) is 8.74. The van der Waals surface area contributed by atoms with Crippen LogP contribution in [0.4, 0.5) is 13.2 Å². The van der Waals surface area contributed by atoms with E-state index < -0.39 is 29.8 Å². The number of hydrogen-bond donors (Lipinski definition) is 2. The monoisotopic (exact) mass is 386 g/mol. The molecule has 0 spiro atoms. The number of likely N-dealkylation sites (N-methyl/N-ethyl adjacent to an activating group) is 1. The summed E-state index contributed by atoms with van der Waals surface area (Å²) in [6.07, 6.45) is -2.09. The van der Waals surface area contributed by atoms with E-state index in [-0.39, 0.29) is 17.2 Å². The Morgan fingerprint density at radius 3 is 2.33 bits per heavy atom. The fourth-order valence-corrected chi connectivity index (χ4v) is 2.83. The van der Waals surface area contributed by atoms with Crippen molar-refractivity contribution in [3.63, 3.8) is 0 Å². The Kier molecular flexibility index (Phi) is 5.89. The third-order valence-corrected chi connectivity index (χ3v) is 4.75. The van der Waals surface area contributed by atoms with Gasteiger partial charge in [-0.3, -0.25) is 14.9 Å². The van der Waals surface area contributed by atoms with Gasteiger partial charge in [0.15, 0.2) is 18.6 Å². The maximum absolute atomic E-state index is 12.7. The van der Waals surface area contributed by atoms with Crippen molar-refractivity contribution in [1.29, 1.82) is 0 Å². The Hall–Kier alpha value is -2.09. The van der Waals surface area contributed by atoms with Gasteiger partial charge in [-0.15, -0.1) is 0 Å². The number of carbonyl (C=O) groups excluding carboxylic acids is 2. The van der Waals surface area contributed by atoms with E-state index >= 15 is 0 Å². The van der Waals surface area contributed by atoms with Crippen LogP contribution >= 0.6 is 0 Å². The van der Waals surface area contributed by atoms with E-state index in [1.54, 1.807) is 33.9 Å². The smallest absolute Gasteiger partial charge is 0.422 e. The van der Waals surface area contributed by atoms with E-state index in [9.17, 15) is 22.8 Å². The number of halogens is 3. The highest BCUT2D eigenvalue weighted by Gasteiger charge is 2.42. The number of aldehydes is 1. The molecule has 0 unspecified atom stereocenters. The molecule has 2 N–H and O–H groups in total. The van der Waals surface area contributed by atoms with Crippen LogP contribution in [0.1, 0.15) is 55.5 Å². The summed E-state index contributed by atoms with van der Waals surface area (Å²) in [5, 5.41) is 5.48. The van der Waals surface area contributed by atoms with Crippen LogP contribution in [0.5, 0.6) is 5.75 Å². The molecule has 1 aliphatic carbocycles. The van der Waals surface area contributed by atoms with Crippen molar-refractivity contribution >= 4 is 12.2 Å². The Labute approximate surface area is 156 Å². The molecule has 8 heteroatoms. The summed E-state index contributed by atoms with van der Waals surface area (Å²) in [5.41, 5.74) is -1.17. The third-order valence-electron chi connectivity index (χ3n) is 4.75. The lowest BCUT2D eigenvalue weighted by Crippen LogP contribution is -2.66. The minimum absolute atomic E-state index is 0.0550. The Morgan fingerprint density at radius 1 is 1.26 bits per heavy atom. The first-order valence-electron chi connectivity index (χ1n) is 8.74. The second kappa shape index (κ2) is 7.50. The van der Waals surface area contributed by atoms with Crippen LogP contribution in [-0.2, 0) is 4.79 Å². The van der Waals surface area contributed by atoms with E-state index in [1.807, 2.05) is 0 Å². The van der Waals surface area contributed by atoms with E-state index in [1.165, 1.54) is 12.1 Å². The van der Waals surface area contributed by atoms with E-state index in [2.05, 4.69) is 10.6 Å². The number of hydrogen-bond acceptors (Lipinski definition) is 4. The molecule has 150 valence electrons. The van der Waals surface area contributed by atoms with E-state index in [0.29, 0.717) is 11.8 Å². The minimum atomic E-state index is -4.47. The summed E-state index contributed by atoms with van der Waals surface area (Å²) in [7, 11) is 1.55. The molecule has 1 amide bonds. The predicted molar refractivity (Wildman–Crippen MR) is 94.7 cm³/mol. The average molecular weight is 386 g/mol. The lowest BCUT2D eigenvalue weighted by molar-refractivity contribution is -0.153. The van der Waals surface area contributed by atoms with Crippen LogP contribution in [0.2, 0.25) is 0 Å². The number of rotatable bonds is 7. The zero-order chi connectivity index (χ0) is 20.5. The van der Waals surface area contributed by atoms with Crippen molar-refractivity contribution in [2.24, 2.45) is 5.41 Å². The van der Waals surface area contributed by atoms with Crippen molar-refractivity contribution in [1.82, 2.24) is 10.6 Å². The Morgan fingerprint density at radius 2 is 1.89 bits per heavy atom. The van der Waals surface area contributed by atoms with Crippen LogP contribution in [0, 0.1) is 5.41 Å². The molecule has 0 bridgehead atoms. The maximum atomic E-state index is 12.7. The van der Waals surface area contributed by atoms with Crippen LogP contribution in [0.25, 0.3) is 0 Å². The standard InChI is InChI=1S/C19H25F3N2O3/c1-17(2,3)18(10-25,23-4)24-16(26)13-7-8-14(12-5-6-12)15(9-13)27-11-19(20,21)22/h7-10,12,23H,5-6,11H2,1-4H3,(H,24,26)/t18-/m1/s1. The molecule has 1 saturated carbocycles. The molecule has 0 saturated heterocycles. The van der Waals surface area contributed by atoms with Crippen molar-refractivity contribution in [2.75, 3.05) is 13.7 Å². The Bertz CT molecular complexity index is 709. The zero-order valence-corrected chi connectivity index (χ0v) is 15.9. The molecule has 1 aliphatic rings. The lowest BCUT2D eigenvalue weighted by Gasteiger charge is -2.40. The first-order chi connectivity index (χ1) is 12.4. The number of carbonyl (C=O) groups is 2. The summed E-state index contributed by atoms with van der Waals surface area (Å²) in [6, 6.07) is 4.47. The van der Waals surface area contributed by atoms with Gasteiger partial charge in [-0.05, 0) is 43.5 Å². The highest BCUT2D eigenvalue weighted by atomic mass is 19.4. The first kappa shape index (κ1) is 21.2. The highest BCUT2D eigenvalue weighted by molar-refractivity contribution is 5.97. The van der Waals surface area contributed by atoms with Crippen LogP contribution in [0.15, 0.2) is 18.2 Å². The zero-order valence-electron chi connectivity index (χ0n) is 15.9. The average Bonchev–Trinajstić information content (AvgIpc) is 3.40. The molecule has 1 atom stereocenters. The van der Waals surface area contributed by atoms with Gasteiger partial charge >= 0.3 is 6.18 Å². The molecule has 0 heterocycles. The van der Waals surface area contributed by atoms with Gasteiger partial charge in [0.05, 0.1) is 0 Å². The SMILES string of the molecule is CN[C@](C=O)(NC(=O)c1ccc(C2CC2)c(OCC(F)(F)F)c1)C(C)(C)C. The number of alkyl halides is 3. The lowest BCUT2D eigenvalue weighted by atomic mass is 9.81. The quantitative estimate of drug-likeness (QED) is 0.557. The van der Waals surface area contributed by atoms with Crippen molar-refractivity contribution < 1.29 is 27.5 Å². The topological polar surface area (TPSA) is 67.4 Å². The molecule has 2 rings (SSSR count). The van der Waals surface area contributed by atoms with E-state index in [4.69, 9.17) is 4.74 Å². The molecule has 0 radical (unpaired) electrons. The third kappa shape index (κ3) is 5.00. The van der Waals surface area contributed by atoms with Gasteiger partial charge in [-0.2, -0.15) is 13.2 Å². The minimum Gasteiger partial charge on any atom is -0.484 e. The summed E-state index contributed by atoms with van der Waals surface area (Å²) in [4.78, 5) is 24.4. The molecular formula is C19H25F3N2O3. The van der Waals surface area contributed by atoms with Gasteiger partial charge in [0.2, 0.25) is 0 Å².